The van der Waals surface area contributed by atoms with Crippen LogP contribution in [-0.2, 0) is 11.3 Å². The van der Waals surface area contributed by atoms with Gasteiger partial charge in [-0.3, -0.25) is 4.79 Å². The molecule has 0 unspecified atom stereocenters. The zero-order valence-electron chi connectivity index (χ0n) is 15.7. The van der Waals surface area contributed by atoms with Gasteiger partial charge < -0.3 is 24.3 Å². The molecule has 7 nitrogen and oxygen atoms in total. The molecule has 2 aromatic rings. The molecule has 0 bridgehead atoms. The molecule has 0 spiro atoms. The summed E-state index contributed by atoms with van der Waals surface area (Å²) < 4.78 is 10.8. The van der Waals surface area contributed by atoms with E-state index in [1.54, 1.807) is 21.9 Å². The van der Waals surface area contributed by atoms with Gasteiger partial charge in [-0.25, -0.2) is 4.79 Å². The SMILES string of the molecule is CC(C)OCc1cccc(NC(=O)N2CCN(C(=O)c3ccco3)CC2)c1. The largest absolute Gasteiger partial charge is 0.459 e. The lowest BCUT2D eigenvalue weighted by Gasteiger charge is -2.34. The second kappa shape index (κ2) is 8.73. The average molecular weight is 371 g/mol. The number of nitrogens with zero attached hydrogens (tertiary/aromatic N) is 2. The van der Waals surface area contributed by atoms with Crippen molar-refractivity contribution in [3.63, 3.8) is 0 Å². The summed E-state index contributed by atoms with van der Waals surface area (Å²) in [4.78, 5) is 28.2. The van der Waals surface area contributed by atoms with E-state index in [-0.39, 0.29) is 18.0 Å². The Kier molecular flexibility index (Phi) is 6.13. The number of rotatable bonds is 5. The normalized spacial score (nSPS) is 14.5. The van der Waals surface area contributed by atoms with Crippen molar-refractivity contribution < 1.29 is 18.7 Å². The maximum absolute atomic E-state index is 12.5. The molecular formula is C20H25N3O4. The van der Waals surface area contributed by atoms with Gasteiger partial charge in [-0.1, -0.05) is 12.1 Å². The lowest BCUT2D eigenvalue weighted by atomic mass is 10.2. The van der Waals surface area contributed by atoms with Gasteiger partial charge in [-0.15, -0.1) is 0 Å². The molecule has 0 saturated carbocycles. The fraction of sp³-hybridized carbons (Fsp3) is 0.400. The first-order chi connectivity index (χ1) is 13.0. The monoisotopic (exact) mass is 371 g/mol. The van der Waals surface area contributed by atoms with Gasteiger partial charge in [0, 0.05) is 31.9 Å². The molecule has 1 aromatic carbocycles. The van der Waals surface area contributed by atoms with Crippen LogP contribution in [0.1, 0.15) is 30.0 Å². The lowest BCUT2D eigenvalue weighted by Crippen LogP contribution is -2.51. The Morgan fingerprint density at radius 1 is 1.11 bits per heavy atom. The van der Waals surface area contributed by atoms with Crippen LogP contribution in [0.15, 0.2) is 47.1 Å². The molecule has 1 aromatic heterocycles. The van der Waals surface area contributed by atoms with E-state index in [0.29, 0.717) is 38.5 Å². The summed E-state index contributed by atoms with van der Waals surface area (Å²) in [6.45, 7) is 6.41. The number of ether oxygens (including phenoxy) is 1. The van der Waals surface area contributed by atoms with Gasteiger partial charge in [-0.05, 0) is 43.7 Å². The topological polar surface area (TPSA) is 75.0 Å². The summed E-state index contributed by atoms with van der Waals surface area (Å²) in [6.07, 6.45) is 1.64. The highest BCUT2D eigenvalue weighted by atomic mass is 16.5. The smallest absolute Gasteiger partial charge is 0.321 e. The van der Waals surface area contributed by atoms with Gasteiger partial charge in [0.15, 0.2) is 5.76 Å². The Balaban J connectivity index is 1.51. The predicted molar refractivity (Wildman–Crippen MR) is 102 cm³/mol. The van der Waals surface area contributed by atoms with Crippen LogP contribution in [0, 0.1) is 0 Å². The molecule has 0 aliphatic carbocycles. The number of hydrogen-bond donors (Lipinski definition) is 1. The molecule has 144 valence electrons. The van der Waals surface area contributed by atoms with Crippen molar-refractivity contribution in [2.75, 3.05) is 31.5 Å². The average Bonchev–Trinajstić information content (AvgIpc) is 3.21. The summed E-state index contributed by atoms with van der Waals surface area (Å²) in [6, 6.07) is 10.8. The third-order valence-electron chi connectivity index (χ3n) is 4.35. The van der Waals surface area contributed by atoms with Gasteiger partial charge in [-0.2, -0.15) is 0 Å². The zero-order chi connectivity index (χ0) is 19.2. The van der Waals surface area contributed by atoms with Crippen LogP contribution in [0.4, 0.5) is 10.5 Å². The number of anilines is 1. The molecule has 1 aliphatic heterocycles. The summed E-state index contributed by atoms with van der Waals surface area (Å²) in [5.41, 5.74) is 1.74. The number of amides is 3. The molecule has 1 fully saturated rings. The van der Waals surface area contributed by atoms with E-state index in [1.807, 2.05) is 38.1 Å². The second-order valence-electron chi connectivity index (χ2n) is 6.75. The molecule has 7 heteroatoms. The van der Waals surface area contributed by atoms with E-state index < -0.39 is 0 Å². The molecule has 0 radical (unpaired) electrons. The van der Waals surface area contributed by atoms with Crippen molar-refractivity contribution in [2.45, 2.75) is 26.6 Å². The minimum atomic E-state index is -0.165. The zero-order valence-corrected chi connectivity index (χ0v) is 15.7. The van der Waals surface area contributed by atoms with Crippen LogP contribution < -0.4 is 5.32 Å². The first-order valence-electron chi connectivity index (χ1n) is 9.12. The molecule has 3 rings (SSSR count). The minimum absolute atomic E-state index is 0.141. The van der Waals surface area contributed by atoms with Gasteiger partial charge >= 0.3 is 6.03 Å². The Morgan fingerprint density at radius 3 is 2.52 bits per heavy atom. The highest BCUT2D eigenvalue weighted by Crippen LogP contribution is 2.15. The highest BCUT2D eigenvalue weighted by Gasteiger charge is 2.26. The Bertz CT molecular complexity index is 765. The first-order valence-corrected chi connectivity index (χ1v) is 9.12. The van der Waals surface area contributed by atoms with Crippen molar-refractivity contribution in [2.24, 2.45) is 0 Å². The molecule has 3 amide bonds. The number of nitrogens with one attached hydrogen (secondary N) is 1. The Labute approximate surface area is 158 Å². The maximum atomic E-state index is 12.5. The van der Waals surface area contributed by atoms with E-state index in [1.165, 1.54) is 6.26 Å². The van der Waals surface area contributed by atoms with Crippen molar-refractivity contribution in [3.8, 4) is 0 Å². The van der Waals surface area contributed by atoms with E-state index in [0.717, 1.165) is 11.3 Å². The lowest BCUT2D eigenvalue weighted by molar-refractivity contribution is 0.0640. The molecule has 1 saturated heterocycles. The van der Waals surface area contributed by atoms with Crippen LogP contribution in [0.5, 0.6) is 0 Å². The van der Waals surface area contributed by atoms with Gasteiger partial charge in [0.05, 0.1) is 19.0 Å². The molecule has 1 N–H and O–H groups in total. The quantitative estimate of drug-likeness (QED) is 0.876. The third-order valence-corrected chi connectivity index (χ3v) is 4.35. The van der Waals surface area contributed by atoms with Crippen molar-refractivity contribution >= 4 is 17.6 Å². The van der Waals surface area contributed by atoms with E-state index >= 15 is 0 Å². The predicted octanol–water partition coefficient (Wildman–Crippen LogP) is 3.19. The molecule has 2 heterocycles. The number of carbonyl (C=O) groups excluding carboxylic acids is 2. The maximum Gasteiger partial charge on any atom is 0.321 e. The van der Waals surface area contributed by atoms with Gasteiger partial charge in [0.25, 0.3) is 5.91 Å². The number of piperazine rings is 1. The molecule has 1 aliphatic rings. The molecule has 27 heavy (non-hydrogen) atoms. The summed E-state index contributed by atoms with van der Waals surface area (Å²) in [5.74, 6) is 0.186. The summed E-state index contributed by atoms with van der Waals surface area (Å²) in [7, 11) is 0. The van der Waals surface area contributed by atoms with Gasteiger partial charge in [0.1, 0.15) is 0 Å². The third kappa shape index (κ3) is 5.10. The van der Waals surface area contributed by atoms with Crippen LogP contribution in [0.3, 0.4) is 0 Å². The van der Waals surface area contributed by atoms with Crippen molar-refractivity contribution in [1.82, 2.24) is 9.80 Å². The van der Waals surface area contributed by atoms with Crippen LogP contribution in [0.25, 0.3) is 0 Å². The Morgan fingerprint density at radius 2 is 1.85 bits per heavy atom. The standard InChI is InChI=1S/C20H25N3O4/c1-15(2)27-14-16-5-3-6-17(13-16)21-20(25)23-10-8-22(9-11-23)19(24)18-7-4-12-26-18/h3-7,12-13,15H,8-11,14H2,1-2H3,(H,21,25). The number of urea groups is 1. The number of carbonyl (C=O) groups is 2. The van der Waals surface area contributed by atoms with E-state index in [4.69, 9.17) is 9.15 Å². The minimum Gasteiger partial charge on any atom is -0.459 e. The first kappa shape index (κ1) is 19.0. The number of hydrogen-bond acceptors (Lipinski definition) is 4. The van der Waals surface area contributed by atoms with Crippen LogP contribution >= 0.6 is 0 Å². The summed E-state index contributed by atoms with van der Waals surface area (Å²) in [5, 5.41) is 2.92. The Hall–Kier alpha value is -2.80. The highest BCUT2D eigenvalue weighted by molar-refractivity contribution is 5.92. The molecule has 0 atom stereocenters. The van der Waals surface area contributed by atoms with Crippen LogP contribution in [0.2, 0.25) is 0 Å². The van der Waals surface area contributed by atoms with E-state index in [2.05, 4.69) is 5.32 Å². The second-order valence-corrected chi connectivity index (χ2v) is 6.75. The summed E-state index contributed by atoms with van der Waals surface area (Å²) >= 11 is 0. The molecular weight excluding hydrogens is 346 g/mol. The van der Waals surface area contributed by atoms with Crippen molar-refractivity contribution in [1.29, 1.82) is 0 Å². The number of furan rings is 1. The van der Waals surface area contributed by atoms with E-state index in [9.17, 15) is 9.59 Å². The van der Waals surface area contributed by atoms with Crippen molar-refractivity contribution in [3.05, 3.63) is 54.0 Å². The number of benzene rings is 1. The fourth-order valence-electron chi connectivity index (χ4n) is 2.87. The fourth-order valence-corrected chi connectivity index (χ4v) is 2.87. The van der Waals surface area contributed by atoms with Gasteiger partial charge in [0.2, 0.25) is 0 Å². The van der Waals surface area contributed by atoms with Crippen LogP contribution in [-0.4, -0.2) is 54.0 Å².